The van der Waals surface area contributed by atoms with Crippen molar-refractivity contribution >= 4 is 21.7 Å². The van der Waals surface area contributed by atoms with Gasteiger partial charge in [0.25, 0.3) is 0 Å². The molecule has 21 heavy (non-hydrogen) atoms. The normalized spacial score (nSPS) is 13.9. The first-order chi connectivity index (χ1) is 10.2. The third-order valence-electron chi connectivity index (χ3n) is 3.57. The van der Waals surface area contributed by atoms with Crippen LogP contribution >= 0.6 is 15.9 Å². The second-order valence-electron chi connectivity index (χ2n) is 4.90. The summed E-state index contributed by atoms with van der Waals surface area (Å²) in [7, 11) is 0. The zero-order chi connectivity index (χ0) is 14.8. The van der Waals surface area contributed by atoms with Gasteiger partial charge in [0.05, 0.1) is 12.7 Å². The third kappa shape index (κ3) is 2.70. The van der Waals surface area contributed by atoms with Crippen LogP contribution in [0.4, 0.5) is 0 Å². The Morgan fingerprint density at radius 3 is 2.71 bits per heavy atom. The zero-order valence-electron chi connectivity index (χ0n) is 11.2. The minimum atomic E-state index is -0.779. The van der Waals surface area contributed by atoms with Gasteiger partial charge < -0.3 is 4.74 Å². The van der Waals surface area contributed by atoms with Crippen LogP contribution in [0.3, 0.4) is 0 Å². The minimum Gasteiger partial charge on any atom is -0.493 e. The molecular formula is C17H12BrNO2. The Bertz CT molecular complexity index is 731. The van der Waals surface area contributed by atoms with E-state index in [-0.39, 0.29) is 5.78 Å². The van der Waals surface area contributed by atoms with Crippen molar-refractivity contribution in [2.45, 2.75) is 12.3 Å². The first-order valence-corrected chi connectivity index (χ1v) is 7.43. The van der Waals surface area contributed by atoms with Crippen molar-refractivity contribution in [3.05, 3.63) is 63.6 Å². The van der Waals surface area contributed by atoms with E-state index in [1.165, 1.54) is 0 Å². The van der Waals surface area contributed by atoms with Crippen LogP contribution < -0.4 is 4.74 Å². The molecular weight excluding hydrogens is 330 g/mol. The predicted octanol–water partition coefficient (Wildman–Crippen LogP) is 3.87. The summed E-state index contributed by atoms with van der Waals surface area (Å²) in [6.45, 7) is 0.654. The first kappa shape index (κ1) is 13.8. The van der Waals surface area contributed by atoms with Gasteiger partial charge in [-0.25, -0.2) is 0 Å². The molecule has 1 unspecified atom stereocenters. The zero-order valence-corrected chi connectivity index (χ0v) is 12.8. The Morgan fingerprint density at radius 1 is 1.24 bits per heavy atom. The Kier molecular flexibility index (Phi) is 3.76. The molecule has 0 saturated carbocycles. The molecule has 1 heterocycles. The van der Waals surface area contributed by atoms with Crippen molar-refractivity contribution in [1.29, 1.82) is 5.26 Å². The molecule has 2 aromatic carbocycles. The molecule has 0 aliphatic carbocycles. The number of Topliss-reactive ketones (excluding diaryl/α,β-unsaturated/α-hetero) is 1. The van der Waals surface area contributed by atoms with E-state index < -0.39 is 5.92 Å². The van der Waals surface area contributed by atoms with E-state index in [1.807, 2.05) is 24.3 Å². The fourth-order valence-corrected chi connectivity index (χ4v) is 2.71. The second-order valence-corrected chi connectivity index (χ2v) is 5.81. The van der Waals surface area contributed by atoms with Crippen molar-refractivity contribution in [2.24, 2.45) is 0 Å². The first-order valence-electron chi connectivity index (χ1n) is 6.64. The summed E-state index contributed by atoms with van der Waals surface area (Å²) in [6.07, 6.45) is 0.811. The summed E-state index contributed by atoms with van der Waals surface area (Å²) < 4.78 is 6.36. The van der Waals surface area contributed by atoms with E-state index in [0.29, 0.717) is 17.7 Å². The standard InChI is InChI=1S/C17H12BrNO2/c18-14-4-1-11(2-5-14)15(10-19)17(20)13-3-6-16-12(9-13)7-8-21-16/h1-6,9,15H,7-8H2. The maximum Gasteiger partial charge on any atom is 0.184 e. The van der Waals surface area contributed by atoms with Gasteiger partial charge >= 0.3 is 0 Å². The minimum absolute atomic E-state index is 0.172. The predicted molar refractivity (Wildman–Crippen MR) is 82.5 cm³/mol. The Morgan fingerprint density at radius 2 is 2.00 bits per heavy atom. The molecule has 0 radical (unpaired) electrons. The van der Waals surface area contributed by atoms with E-state index in [2.05, 4.69) is 22.0 Å². The third-order valence-corrected chi connectivity index (χ3v) is 4.10. The van der Waals surface area contributed by atoms with Crippen LogP contribution in [0.1, 0.15) is 27.4 Å². The van der Waals surface area contributed by atoms with Crippen molar-refractivity contribution in [1.82, 2.24) is 0 Å². The SMILES string of the molecule is N#CC(C(=O)c1ccc2c(c1)CCO2)c1ccc(Br)cc1. The van der Waals surface area contributed by atoms with Crippen LogP contribution in [0.5, 0.6) is 5.75 Å². The lowest BCUT2D eigenvalue weighted by Crippen LogP contribution is -2.11. The summed E-state index contributed by atoms with van der Waals surface area (Å²) in [5.74, 6) is -0.114. The maximum atomic E-state index is 12.6. The van der Waals surface area contributed by atoms with Gasteiger partial charge in [-0.15, -0.1) is 0 Å². The molecule has 0 saturated heterocycles. The Labute approximate surface area is 131 Å². The lowest BCUT2D eigenvalue weighted by molar-refractivity contribution is 0.0979. The van der Waals surface area contributed by atoms with E-state index in [1.54, 1.807) is 18.2 Å². The quantitative estimate of drug-likeness (QED) is 0.796. The van der Waals surface area contributed by atoms with Crippen molar-refractivity contribution in [3.8, 4) is 11.8 Å². The van der Waals surface area contributed by atoms with Crippen LogP contribution in [0.25, 0.3) is 0 Å². The smallest absolute Gasteiger partial charge is 0.184 e. The molecule has 0 fully saturated rings. The van der Waals surface area contributed by atoms with Crippen LogP contribution in [0, 0.1) is 11.3 Å². The highest BCUT2D eigenvalue weighted by Gasteiger charge is 2.23. The molecule has 104 valence electrons. The van der Waals surface area contributed by atoms with Crippen LogP contribution in [0.2, 0.25) is 0 Å². The molecule has 0 spiro atoms. The molecule has 0 N–H and O–H groups in total. The van der Waals surface area contributed by atoms with E-state index in [4.69, 9.17) is 4.74 Å². The van der Waals surface area contributed by atoms with Gasteiger partial charge in [-0.3, -0.25) is 4.79 Å². The average Bonchev–Trinajstić information content (AvgIpc) is 2.97. The lowest BCUT2D eigenvalue weighted by atomic mass is 9.91. The molecule has 2 aromatic rings. The molecule has 1 aliphatic rings. The number of ketones is 1. The van der Waals surface area contributed by atoms with Crippen LogP contribution in [0.15, 0.2) is 46.9 Å². The number of halogens is 1. The average molecular weight is 342 g/mol. The number of rotatable bonds is 3. The monoisotopic (exact) mass is 341 g/mol. The highest BCUT2D eigenvalue weighted by molar-refractivity contribution is 9.10. The largest absolute Gasteiger partial charge is 0.493 e. The number of fused-ring (bicyclic) bond motifs is 1. The van der Waals surface area contributed by atoms with Crippen molar-refractivity contribution in [3.63, 3.8) is 0 Å². The Balaban J connectivity index is 1.92. The maximum absolute atomic E-state index is 12.6. The topological polar surface area (TPSA) is 50.1 Å². The number of ether oxygens (including phenoxy) is 1. The number of carbonyl (C=O) groups is 1. The molecule has 4 heteroatoms. The lowest BCUT2D eigenvalue weighted by Gasteiger charge is -2.10. The molecule has 3 rings (SSSR count). The number of benzene rings is 2. The van der Waals surface area contributed by atoms with E-state index in [9.17, 15) is 10.1 Å². The molecule has 0 bridgehead atoms. The summed E-state index contributed by atoms with van der Waals surface area (Å²) in [5, 5.41) is 9.37. The molecule has 1 aliphatic heterocycles. The summed E-state index contributed by atoms with van der Waals surface area (Å²) in [5.41, 5.74) is 2.31. The molecule has 3 nitrogen and oxygen atoms in total. The van der Waals surface area contributed by atoms with E-state index in [0.717, 1.165) is 22.2 Å². The fraction of sp³-hybridized carbons (Fsp3) is 0.176. The number of carbonyl (C=O) groups excluding carboxylic acids is 1. The van der Waals surface area contributed by atoms with Crippen molar-refractivity contribution < 1.29 is 9.53 Å². The van der Waals surface area contributed by atoms with Gasteiger partial charge in [0.15, 0.2) is 5.78 Å². The molecule has 0 aromatic heterocycles. The second kappa shape index (κ2) is 5.71. The number of hydrogen-bond acceptors (Lipinski definition) is 3. The Hall–Kier alpha value is -2.12. The van der Waals surface area contributed by atoms with Gasteiger partial charge in [0, 0.05) is 16.5 Å². The van der Waals surface area contributed by atoms with E-state index >= 15 is 0 Å². The highest BCUT2D eigenvalue weighted by Crippen LogP contribution is 2.29. The highest BCUT2D eigenvalue weighted by atomic mass is 79.9. The van der Waals surface area contributed by atoms with Crippen molar-refractivity contribution in [2.75, 3.05) is 6.61 Å². The molecule has 0 amide bonds. The number of hydrogen-bond donors (Lipinski definition) is 0. The van der Waals surface area contributed by atoms with Gasteiger partial charge in [-0.2, -0.15) is 5.26 Å². The number of nitriles is 1. The summed E-state index contributed by atoms with van der Waals surface area (Å²) in [4.78, 5) is 12.6. The number of nitrogens with zero attached hydrogens (tertiary/aromatic N) is 1. The van der Waals surface area contributed by atoms with Crippen LogP contribution in [-0.4, -0.2) is 12.4 Å². The van der Waals surface area contributed by atoms with Gasteiger partial charge in [-0.1, -0.05) is 28.1 Å². The van der Waals surface area contributed by atoms with Gasteiger partial charge in [0.1, 0.15) is 11.7 Å². The summed E-state index contributed by atoms with van der Waals surface area (Å²) >= 11 is 3.35. The van der Waals surface area contributed by atoms with Gasteiger partial charge in [0.2, 0.25) is 0 Å². The van der Waals surface area contributed by atoms with Gasteiger partial charge in [-0.05, 0) is 41.5 Å². The summed E-state index contributed by atoms with van der Waals surface area (Å²) in [6, 6.07) is 14.8. The van der Waals surface area contributed by atoms with Crippen LogP contribution in [-0.2, 0) is 6.42 Å². The molecule has 1 atom stereocenters. The fourth-order valence-electron chi connectivity index (χ4n) is 2.45.